The maximum Gasteiger partial charge on any atom is 0.469 e. The highest BCUT2D eigenvalue weighted by atomic mass is 31.2. The first-order chi connectivity index (χ1) is 19.3. The van der Waals surface area contributed by atoms with E-state index < -0.39 is 32.5 Å². The van der Waals surface area contributed by atoms with Crippen molar-refractivity contribution in [3.8, 4) is 0 Å². The second-order valence-electron chi connectivity index (χ2n) is 10.8. The number of allylic oxidation sites excluding steroid dienone is 2. The molecule has 0 spiro atoms. The lowest BCUT2D eigenvalue weighted by molar-refractivity contribution is -0.161. The zero-order chi connectivity index (χ0) is 29.7. The molecule has 0 rings (SSSR count). The number of phosphoric acid groups is 1. The largest absolute Gasteiger partial charge is 0.469 e. The molecule has 0 saturated carbocycles. The summed E-state index contributed by atoms with van der Waals surface area (Å²) in [5.74, 6) is -0.891. The highest BCUT2D eigenvalue weighted by Crippen LogP contribution is 2.35. The second kappa shape index (κ2) is 27.9. The van der Waals surface area contributed by atoms with Crippen molar-refractivity contribution in [3.63, 3.8) is 0 Å². The topological polar surface area (TPSA) is 119 Å². The van der Waals surface area contributed by atoms with Gasteiger partial charge in [-0.1, -0.05) is 122 Å². The fourth-order valence-corrected chi connectivity index (χ4v) is 4.73. The van der Waals surface area contributed by atoms with Crippen molar-refractivity contribution < 1.29 is 37.9 Å². The molecular weight excluding hydrogens is 531 g/mol. The van der Waals surface area contributed by atoms with Crippen LogP contribution in [0.3, 0.4) is 0 Å². The summed E-state index contributed by atoms with van der Waals surface area (Å²) >= 11 is 0. The molecule has 236 valence electrons. The predicted octanol–water partition coefficient (Wildman–Crippen LogP) is 8.73. The molecule has 0 fully saturated rings. The van der Waals surface area contributed by atoms with Gasteiger partial charge < -0.3 is 19.3 Å². The molecule has 0 aliphatic heterocycles. The molecule has 0 bridgehead atoms. The van der Waals surface area contributed by atoms with E-state index in [1.807, 2.05) is 0 Å². The van der Waals surface area contributed by atoms with E-state index in [0.29, 0.717) is 6.42 Å². The average Bonchev–Trinajstić information content (AvgIpc) is 2.91. The lowest BCUT2D eigenvalue weighted by atomic mass is 10.1. The average molecular weight is 591 g/mol. The summed E-state index contributed by atoms with van der Waals surface area (Å²) in [5, 5.41) is 0. The maximum absolute atomic E-state index is 12.3. The van der Waals surface area contributed by atoms with Gasteiger partial charge in [-0.25, -0.2) is 4.57 Å². The van der Waals surface area contributed by atoms with Crippen LogP contribution in [0.25, 0.3) is 0 Å². The van der Waals surface area contributed by atoms with Crippen molar-refractivity contribution in [2.45, 2.75) is 161 Å². The molecule has 0 radical (unpaired) electrons. The summed E-state index contributed by atoms with van der Waals surface area (Å²) in [4.78, 5) is 42.4. The Balaban J connectivity index is 4.04. The number of hydrogen-bond acceptors (Lipinski definition) is 6. The number of phosphoric ester groups is 1. The zero-order valence-electron chi connectivity index (χ0n) is 25.5. The Morgan fingerprint density at radius 3 is 1.62 bits per heavy atom. The standard InChI is InChI=1S/C31H59O8P/c1-3-5-7-9-11-13-15-16-18-20-22-24-26-31(33)39-29(28-38-40(34,35)36)27-37-30(32)25-23-21-19-17-14-12-10-8-6-4-2/h7,9,29H,3-6,8,10-28H2,1-2H3,(H2,34,35,36)/b9-7+/t29-/m1/s1. The zero-order valence-corrected chi connectivity index (χ0v) is 26.4. The van der Waals surface area contributed by atoms with Crippen LogP contribution < -0.4 is 0 Å². The monoisotopic (exact) mass is 590 g/mol. The minimum atomic E-state index is -4.74. The Morgan fingerprint density at radius 2 is 1.10 bits per heavy atom. The van der Waals surface area contributed by atoms with Gasteiger partial charge in [-0.2, -0.15) is 0 Å². The first-order valence-corrected chi connectivity index (χ1v) is 17.5. The van der Waals surface area contributed by atoms with Crippen LogP contribution in [0.15, 0.2) is 12.2 Å². The molecule has 2 N–H and O–H groups in total. The Kier molecular flexibility index (Phi) is 27.1. The van der Waals surface area contributed by atoms with Crippen LogP contribution in [-0.4, -0.2) is 41.0 Å². The third kappa shape index (κ3) is 29.8. The quantitative estimate of drug-likeness (QED) is 0.0384. The maximum atomic E-state index is 12.3. The van der Waals surface area contributed by atoms with Crippen LogP contribution >= 0.6 is 7.82 Å². The van der Waals surface area contributed by atoms with Gasteiger partial charge in [0.15, 0.2) is 6.10 Å². The smallest absolute Gasteiger partial charge is 0.462 e. The number of rotatable bonds is 29. The van der Waals surface area contributed by atoms with Crippen LogP contribution in [0.2, 0.25) is 0 Å². The number of ether oxygens (including phenoxy) is 2. The lowest BCUT2D eigenvalue weighted by Crippen LogP contribution is -2.29. The molecule has 0 aromatic heterocycles. The van der Waals surface area contributed by atoms with E-state index in [4.69, 9.17) is 19.3 Å². The lowest BCUT2D eigenvalue weighted by Gasteiger charge is -2.18. The van der Waals surface area contributed by atoms with E-state index in [1.165, 1.54) is 70.6 Å². The molecule has 1 atom stereocenters. The summed E-state index contributed by atoms with van der Waals surface area (Å²) in [6.45, 7) is 3.58. The molecule has 0 saturated heterocycles. The number of carbonyl (C=O) groups excluding carboxylic acids is 2. The van der Waals surface area contributed by atoms with Crippen LogP contribution in [0.4, 0.5) is 0 Å². The first-order valence-electron chi connectivity index (χ1n) is 16.0. The normalized spacial score (nSPS) is 12.6. The summed E-state index contributed by atoms with van der Waals surface area (Å²) in [7, 11) is -4.74. The highest BCUT2D eigenvalue weighted by molar-refractivity contribution is 7.46. The Bertz CT molecular complexity index is 676. The third-order valence-electron chi connectivity index (χ3n) is 6.77. The minimum Gasteiger partial charge on any atom is -0.462 e. The van der Waals surface area contributed by atoms with Gasteiger partial charge in [0.1, 0.15) is 6.61 Å². The fourth-order valence-electron chi connectivity index (χ4n) is 4.37. The van der Waals surface area contributed by atoms with E-state index in [1.54, 1.807) is 0 Å². The van der Waals surface area contributed by atoms with Crippen LogP contribution in [0.1, 0.15) is 155 Å². The van der Waals surface area contributed by atoms with Gasteiger partial charge in [-0.3, -0.25) is 14.1 Å². The van der Waals surface area contributed by atoms with Gasteiger partial charge in [0.2, 0.25) is 0 Å². The number of carbonyl (C=O) groups is 2. The highest BCUT2D eigenvalue weighted by Gasteiger charge is 2.22. The molecular formula is C31H59O8P. The number of hydrogen-bond donors (Lipinski definition) is 2. The van der Waals surface area contributed by atoms with Crippen LogP contribution in [0.5, 0.6) is 0 Å². The van der Waals surface area contributed by atoms with E-state index in [-0.39, 0.29) is 19.4 Å². The van der Waals surface area contributed by atoms with Gasteiger partial charge >= 0.3 is 19.8 Å². The predicted molar refractivity (Wildman–Crippen MR) is 161 cm³/mol. The van der Waals surface area contributed by atoms with Crippen molar-refractivity contribution in [2.75, 3.05) is 13.2 Å². The van der Waals surface area contributed by atoms with Gasteiger partial charge in [0, 0.05) is 12.8 Å². The Morgan fingerprint density at radius 1 is 0.625 bits per heavy atom. The molecule has 0 aliphatic rings. The van der Waals surface area contributed by atoms with Crippen LogP contribution in [-0.2, 0) is 28.2 Å². The number of unbranched alkanes of at least 4 members (excludes halogenated alkanes) is 17. The van der Waals surface area contributed by atoms with E-state index in [9.17, 15) is 14.2 Å². The summed E-state index contributed by atoms with van der Waals surface area (Å²) in [6.07, 6.45) is 26.5. The molecule has 0 heterocycles. The first kappa shape index (κ1) is 38.8. The van der Waals surface area contributed by atoms with Crippen molar-refractivity contribution >= 4 is 19.8 Å². The summed E-state index contributed by atoms with van der Waals surface area (Å²) in [5.41, 5.74) is 0. The summed E-state index contributed by atoms with van der Waals surface area (Å²) < 4.78 is 26.1. The Labute approximate surface area is 244 Å². The summed E-state index contributed by atoms with van der Waals surface area (Å²) in [6, 6.07) is 0. The Hall–Kier alpha value is -1.21. The minimum absolute atomic E-state index is 0.210. The molecule has 0 amide bonds. The molecule has 0 unspecified atom stereocenters. The second-order valence-corrected chi connectivity index (χ2v) is 12.0. The van der Waals surface area contributed by atoms with E-state index in [2.05, 4.69) is 30.5 Å². The van der Waals surface area contributed by atoms with Crippen molar-refractivity contribution in [3.05, 3.63) is 12.2 Å². The van der Waals surface area contributed by atoms with Gasteiger partial charge in [-0.15, -0.1) is 0 Å². The van der Waals surface area contributed by atoms with Crippen molar-refractivity contribution in [2.24, 2.45) is 0 Å². The molecule has 0 aromatic rings. The molecule has 0 aliphatic carbocycles. The third-order valence-corrected chi connectivity index (χ3v) is 7.25. The SMILES string of the molecule is CCC/C=C/CCCCCCCCCC(=O)O[C@H](COC(=O)CCCCCCCCCCCC)COP(=O)(O)O. The molecule has 9 heteroatoms. The molecule has 40 heavy (non-hydrogen) atoms. The van der Waals surface area contributed by atoms with Crippen LogP contribution in [0, 0.1) is 0 Å². The van der Waals surface area contributed by atoms with Gasteiger partial charge in [-0.05, 0) is 32.1 Å². The fraction of sp³-hybridized carbons (Fsp3) is 0.871. The van der Waals surface area contributed by atoms with Gasteiger partial charge in [0.05, 0.1) is 6.61 Å². The van der Waals surface area contributed by atoms with E-state index in [0.717, 1.165) is 51.4 Å². The van der Waals surface area contributed by atoms with Crippen molar-refractivity contribution in [1.82, 2.24) is 0 Å². The van der Waals surface area contributed by atoms with Crippen molar-refractivity contribution in [1.29, 1.82) is 0 Å². The number of esters is 2. The molecule has 8 nitrogen and oxygen atoms in total. The van der Waals surface area contributed by atoms with Gasteiger partial charge in [0.25, 0.3) is 0 Å². The molecule has 0 aromatic carbocycles. The van der Waals surface area contributed by atoms with E-state index >= 15 is 0 Å².